The van der Waals surface area contributed by atoms with Gasteiger partial charge < -0.3 is 9.64 Å². The van der Waals surface area contributed by atoms with E-state index in [1.165, 1.54) is 0 Å². The van der Waals surface area contributed by atoms with E-state index in [0.29, 0.717) is 5.11 Å². The molecule has 1 aromatic rings. The summed E-state index contributed by atoms with van der Waals surface area (Å²) in [6.45, 7) is 4.13. The maximum atomic E-state index is 12.7. The molecule has 3 aliphatic heterocycles. The zero-order valence-corrected chi connectivity index (χ0v) is 13.6. The summed E-state index contributed by atoms with van der Waals surface area (Å²) < 4.78 is 6.08. The number of hydrogen-bond acceptors (Lipinski definition) is 4. The first-order chi connectivity index (χ1) is 9.98. The summed E-state index contributed by atoms with van der Waals surface area (Å²) >= 11 is 7.28. The normalized spacial score (nSPS) is 26.1. The van der Waals surface area contributed by atoms with Crippen molar-refractivity contribution in [1.82, 2.24) is 4.90 Å². The number of thioether (sulfide) groups is 1. The molecule has 0 saturated carbocycles. The van der Waals surface area contributed by atoms with Crippen molar-refractivity contribution in [2.45, 2.75) is 31.9 Å². The lowest BCUT2D eigenvalue weighted by atomic mass is 10.0. The minimum absolute atomic E-state index is 0.0757. The fourth-order valence-corrected chi connectivity index (χ4v) is 4.82. The Morgan fingerprint density at radius 3 is 3.00 bits per heavy atom. The van der Waals surface area contributed by atoms with Gasteiger partial charge in [0.1, 0.15) is 17.4 Å². The van der Waals surface area contributed by atoms with E-state index in [4.69, 9.17) is 17.0 Å². The van der Waals surface area contributed by atoms with E-state index >= 15 is 0 Å². The molecule has 0 aliphatic carbocycles. The molecule has 0 N–H and O–H groups in total. The largest absolute Gasteiger partial charge is 0.485 e. The van der Waals surface area contributed by atoms with Crippen LogP contribution >= 0.6 is 24.0 Å². The number of amides is 1. The number of thiocarbonyl (C=S) groups is 1. The van der Waals surface area contributed by atoms with Crippen LogP contribution in [0.3, 0.4) is 0 Å². The zero-order valence-electron chi connectivity index (χ0n) is 12.0. The van der Waals surface area contributed by atoms with E-state index in [2.05, 4.69) is 19.9 Å². The van der Waals surface area contributed by atoms with Crippen molar-refractivity contribution in [2.75, 3.05) is 16.5 Å². The molecule has 6 heteroatoms. The first kappa shape index (κ1) is 13.4. The van der Waals surface area contributed by atoms with Crippen LogP contribution < -0.4 is 9.64 Å². The van der Waals surface area contributed by atoms with Gasteiger partial charge >= 0.3 is 0 Å². The van der Waals surface area contributed by atoms with Crippen LogP contribution in [0.1, 0.15) is 19.4 Å². The summed E-state index contributed by atoms with van der Waals surface area (Å²) in [6, 6.07) is 5.87. The van der Waals surface area contributed by atoms with Gasteiger partial charge in [-0.2, -0.15) is 0 Å². The molecule has 4 nitrogen and oxygen atoms in total. The van der Waals surface area contributed by atoms with E-state index in [9.17, 15) is 4.79 Å². The quantitative estimate of drug-likeness (QED) is 0.742. The van der Waals surface area contributed by atoms with Crippen LogP contribution in [0.25, 0.3) is 0 Å². The maximum absolute atomic E-state index is 12.7. The monoisotopic (exact) mass is 320 g/mol. The highest BCUT2D eigenvalue weighted by Crippen LogP contribution is 2.44. The lowest BCUT2D eigenvalue weighted by molar-refractivity contribution is -0.118. The van der Waals surface area contributed by atoms with Crippen molar-refractivity contribution < 1.29 is 9.53 Å². The van der Waals surface area contributed by atoms with Gasteiger partial charge in [0.15, 0.2) is 5.11 Å². The number of fused-ring (bicyclic) bond motifs is 2. The van der Waals surface area contributed by atoms with Crippen LogP contribution in [0.4, 0.5) is 5.69 Å². The average molecular weight is 320 g/mol. The van der Waals surface area contributed by atoms with E-state index < -0.39 is 0 Å². The smallest absolute Gasteiger partial charge is 0.257 e. The number of ether oxygens (including phenoxy) is 1. The van der Waals surface area contributed by atoms with Crippen molar-refractivity contribution in [1.29, 1.82) is 0 Å². The van der Waals surface area contributed by atoms with Crippen molar-refractivity contribution in [3.8, 4) is 5.75 Å². The Hall–Kier alpha value is -1.27. The Morgan fingerprint density at radius 1 is 1.43 bits per heavy atom. The Labute approximate surface area is 133 Å². The van der Waals surface area contributed by atoms with Gasteiger partial charge in [-0.15, -0.1) is 11.8 Å². The molecule has 0 unspecified atom stereocenters. The highest BCUT2D eigenvalue weighted by Gasteiger charge is 2.47. The summed E-state index contributed by atoms with van der Waals surface area (Å²) in [7, 11) is 0. The number of hydrogen-bond donors (Lipinski definition) is 0. The number of anilines is 1. The van der Waals surface area contributed by atoms with Crippen LogP contribution in [0, 0.1) is 0 Å². The van der Waals surface area contributed by atoms with Crippen molar-refractivity contribution in [3.63, 3.8) is 0 Å². The minimum atomic E-state index is -0.227. The van der Waals surface area contributed by atoms with E-state index in [1.807, 2.05) is 17.0 Å². The summed E-state index contributed by atoms with van der Waals surface area (Å²) in [6.07, 6.45) is 0.855. The fourth-order valence-electron chi connectivity index (χ4n) is 3.20. The number of rotatable bonds is 1. The second-order valence-electron chi connectivity index (χ2n) is 6.25. The molecule has 1 amide bonds. The van der Waals surface area contributed by atoms with Crippen LogP contribution in [0.5, 0.6) is 5.75 Å². The van der Waals surface area contributed by atoms with Crippen LogP contribution in [0.2, 0.25) is 0 Å². The summed E-state index contributed by atoms with van der Waals surface area (Å²) in [5, 5.41) is 0.608. The van der Waals surface area contributed by atoms with Crippen LogP contribution in [-0.2, 0) is 11.2 Å². The van der Waals surface area contributed by atoms with Crippen LogP contribution in [0.15, 0.2) is 18.2 Å². The molecule has 0 bridgehead atoms. The summed E-state index contributed by atoms with van der Waals surface area (Å²) in [4.78, 5) is 16.4. The SMILES string of the molecule is CC1(C)Cc2cccc(N3C(=O)[C@@H]4CSCN4C3=S)c2O1. The molecule has 3 heterocycles. The molecule has 0 spiro atoms. The number of nitrogens with zero attached hydrogens (tertiary/aromatic N) is 2. The average Bonchev–Trinajstić information content (AvgIpc) is 3.05. The molecule has 110 valence electrons. The zero-order chi connectivity index (χ0) is 14.8. The van der Waals surface area contributed by atoms with E-state index in [-0.39, 0.29) is 17.6 Å². The predicted octanol–water partition coefficient (Wildman–Crippen LogP) is 2.41. The highest BCUT2D eigenvalue weighted by molar-refractivity contribution is 7.99. The highest BCUT2D eigenvalue weighted by atomic mass is 32.2. The lowest BCUT2D eigenvalue weighted by Gasteiger charge is -2.22. The predicted molar refractivity (Wildman–Crippen MR) is 87.9 cm³/mol. The molecule has 4 rings (SSSR count). The lowest BCUT2D eigenvalue weighted by Crippen LogP contribution is -2.33. The van der Waals surface area contributed by atoms with Gasteiger partial charge in [0.25, 0.3) is 5.91 Å². The minimum Gasteiger partial charge on any atom is -0.485 e. The van der Waals surface area contributed by atoms with E-state index in [0.717, 1.165) is 35.1 Å². The topological polar surface area (TPSA) is 32.8 Å². The van der Waals surface area contributed by atoms with Crippen molar-refractivity contribution >= 4 is 40.7 Å². The van der Waals surface area contributed by atoms with Crippen molar-refractivity contribution in [3.05, 3.63) is 23.8 Å². The van der Waals surface area contributed by atoms with Crippen molar-refractivity contribution in [2.24, 2.45) is 0 Å². The molecule has 0 radical (unpaired) electrons. The summed E-state index contributed by atoms with van der Waals surface area (Å²) in [5.74, 6) is 2.50. The molecule has 21 heavy (non-hydrogen) atoms. The Morgan fingerprint density at radius 2 is 2.24 bits per heavy atom. The summed E-state index contributed by atoms with van der Waals surface area (Å²) in [5.41, 5.74) is 1.72. The van der Waals surface area contributed by atoms with Gasteiger partial charge in [0, 0.05) is 17.7 Å². The Kier molecular flexibility index (Phi) is 2.78. The third-order valence-corrected chi connectivity index (χ3v) is 5.57. The second kappa shape index (κ2) is 4.36. The van der Waals surface area contributed by atoms with Gasteiger partial charge in [-0.05, 0) is 32.1 Å². The molecule has 1 aromatic carbocycles. The molecular weight excluding hydrogens is 304 g/mol. The molecular formula is C15H16N2O2S2. The Bertz CT molecular complexity index is 637. The number of benzene rings is 1. The Balaban J connectivity index is 1.78. The first-order valence-electron chi connectivity index (χ1n) is 7.01. The standard InChI is InChI=1S/C15H16N2O2S2/c1-15(2)6-9-4-3-5-10(12(9)19-15)17-13(18)11-7-21-8-16(11)14(17)20/h3-5,11H,6-8H2,1-2H3/t11-/m0/s1. The van der Waals surface area contributed by atoms with Gasteiger partial charge in [0.2, 0.25) is 0 Å². The third-order valence-electron chi connectivity index (χ3n) is 4.14. The molecule has 1 atom stereocenters. The van der Waals surface area contributed by atoms with E-state index in [1.54, 1.807) is 16.7 Å². The molecule has 3 aliphatic rings. The molecule has 2 fully saturated rings. The molecule has 0 aromatic heterocycles. The van der Waals surface area contributed by atoms with Gasteiger partial charge in [-0.25, -0.2) is 0 Å². The second-order valence-corrected chi connectivity index (χ2v) is 7.61. The van der Waals surface area contributed by atoms with Gasteiger partial charge in [-0.1, -0.05) is 12.1 Å². The van der Waals surface area contributed by atoms with Gasteiger partial charge in [0.05, 0.1) is 11.6 Å². The van der Waals surface area contributed by atoms with Crippen LogP contribution in [-0.4, -0.2) is 39.2 Å². The first-order valence-corrected chi connectivity index (χ1v) is 8.57. The maximum Gasteiger partial charge on any atom is 0.257 e. The molecule has 2 saturated heterocycles. The third kappa shape index (κ3) is 1.89. The fraction of sp³-hybridized carbons (Fsp3) is 0.467. The number of carbonyl (C=O) groups excluding carboxylic acids is 1. The number of carbonyl (C=O) groups is 1. The number of para-hydroxylation sites is 1. The van der Waals surface area contributed by atoms with Gasteiger partial charge in [-0.3, -0.25) is 9.69 Å².